The Kier molecular flexibility index (Phi) is 4.46. The predicted molar refractivity (Wildman–Crippen MR) is 86.1 cm³/mol. The summed E-state index contributed by atoms with van der Waals surface area (Å²) in [4.78, 5) is 29.6. The Labute approximate surface area is 142 Å². The van der Waals surface area contributed by atoms with Gasteiger partial charge >= 0.3 is 5.97 Å². The molecule has 122 valence electrons. The molecule has 0 radical (unpaired) electrons. The molecule has 3 rings (SSSR count). The van der Waals surface area contributed by atoms with Crippen molar-refractivity contribution < 1.29 is 14.7 Å². The molecular weight excluding hydrogens is 341 g/mol. The second-order valence-electron chi connectivity index (χ2n) is 5.61. The number of carboxylic acid groups (broad SMARTS) is 1. The van der Waals surface area contributed by atoms with Crippen LogP contribution in [0.2, 0.25) is 10.0 Å². The van der Waals surface area contributed by atoms with E-state index in [0.717, 1.165) is 12.8 Å². The molecule has 6 nitrogen and oxygen atoms in total. The van der Waals surface area contributed by atoms with Gasteiger partial charge in [0.1, 0.15) is 5.69 Å². The molecule has 1 aliphatic rings. The van der Waals surface area contributed by atoms with Crippen LogP contribution in [0.25, 0.3) is 5.65 Å². The summed E-state index contributed by atoms with van der Waals surface area (Å²) in [5.41, 5.74) is 0.692. The lowest BCUT2D eigenvalue weighted by atomic mass is 9.99. The fraction of sp³-hybridized carbons (Fsp3) is 0.400. The summed E-state index contributed by atoms with van der Waals surface area (Å²) < 4.78 is 1.61. The van der Waals surface area contributed by atoms with Gasteiger partial charge in [-0.1, -0.05) is 23.2 Å². The fourth-order valence-electron chi connectivity index (χ4n) is 2.96. The zero-order chi connectivity index (χ0) is 16.6. The van der Waals surface area contributed by atoms with Crippen LogP contribution in [0.4, 0.5) is 0 Å². The molecule has 23 heavy (non-hydrogen) atoms. The van der Waals surface area contributed by atoms with Crippen molar-refractivity contribution in [1.82, 2.24) is 14.3 Å². The van der Waals surface area contributed by atoms with Crippen molar-refractivity contribution >= 4 is 40.7 Å². The highest BCUT2D eigenvalue weighted by Crippen LogP contribution is 2.25. The summed E-state index contributed by atoms with van der Waals surface area (Å²) in [5.74, 6) is -1.17. The normalized spacial score (nSPS) is 18.3. The number of likely N-dealkylation sites (tertiary alicyclic amines) is 1. The second-order valence-corrected chi connectivity index (χ2v) is 6.45. The Morgan fingerprint density at radius 2 is 2.09 bits per heavy atom. The van der Waals surface area contributed by atoms with Gasteiger partial charge in [0.2, 0.25) is 0 Å². The topological polar surface area (TPSA) is 74.9 Å². The van der Waals surface area contributed by atoms with Crippen molar-refractivity contribution in [2.75, 3.05) is 6.54 Å². The minimum absolute atomic E-state index is 0.0499. The summed E-state index contributed by atoms with van der Waals surface area (Å²) >= 11 is 12.0. The van der Waals surface area contributed by atoms with Crippen LogP contribution in [0.3, 0.4) is 0 Å². The molecule has 0 spiro atoms. The van der Waals surface area contributed by atoms with Gasteiger partial charge in [-0.05, 0) is 25.3 Å². The van der Waals surface area contributed by atoms with Gasteiger partial charge in [0.25, 0.3) is 5.91 Å². The first-order valence-corrected chi connectivity index (χ1v) is 8.08. The molecule has 1 fully saturated rings. The summed E-state index contributed by atoms with van der Waals surface area (Å²) in [7, 11) is 0. The van der Waals surface area contributed by atoms with Gasteiger partial charge in [-0.2, -0.15) is 0 Å². The molecule has 0 aromatic carbocycles. The number of halogens is 2. The van der Waals surface area contributed by atoms with Crippen molar-refractivity contribution in [2.24, 2.45) is 0 Å². The molecule has 1 saturated heterocycles. The summed E-state index contributed by atoms with van der Waals surface area (Å²) in [5, 5.41) is 9.83. The molecule has 2 aromatic heterocycles. The van der Waals surface area contributed by atoms with E-state index in [1.54, 1.807) is 27.8 Å². The molecule has 1 aliphatic heterocycles. The number of nitrogens with zero attached hydrogens (tertiary/aromatic N) is 3. The minimum atomic E-state index is -0.903. The van der Waals surface area contributed by atoms with Crippen LogP contribution in [0.5, 0.6) is 0 Å². The third kappa shape index (κ3) is 3.28. The number of imidazole rings is 1. The molecule has 2 aromatic rings. The molecule has 1 amide bonds. The quantitative estimate of drug-likeness (QED) is 0.917. The van der Waals surface area contributed by atoms with Crippen LogP contribution in [0, 0.1) is 0 Å². The Morgan fingerprint density at radius 1 is 1.30 bits per heavy atom. The number of aromatic nitrogens is 2. The van der Waals surface area contributed by atoms with Gasteiger partial charge < -0.3 is 14.4 Å². The van der Waals surface area contributed by atoms with Crippen LogP contribution in [0.15, 0.2) is 18.5 Å². The molecule has 1 N–H and O–H groups in total. The van der Waals surface area contributed by atoms with Crippen molar-refractivity contribution in [1.29, 1.82) is 0 Å². The standard InChI is InChI=1S/C15H15Cl2N3O3/c16-9-5-11(17)14-18-12(8-19(14)7-9)15(23)20-4-2-1-3-10(20)6-13(21)22/h5,7-8,10H,1-4,6H2,(H,21,22). The third-order valence-electron chi connectivity index (χ3n) is 3.99. The number of amides is 1. The number of carboxylic acids is 1. The lowest BCUT2D eigenvalue weighted by molar-refractivity contribution is -0.138. The first kappa shape index (κ1) is 16.1. The van der Waals surface area contributed by atoms with E-state index in [0.29, 0.717) is 28.7 Å². The van der Waals surface area contributed by atoms with Crippen LogP contribution in [-0.4, -0.2) is 43.9 Å². The van der Waals surface area contributed by atoms with E-state index in [1.807, 2.05) is 0 Å². The van der Waals surface area contributed by atoms with Gasteiger partial charge in [-0.3, -0.25) is 9.59 Å². The van der Waals surface area contributed by atoms with Crippen molar-refractivity contribution in [3.63, 3.8) is 0 Å². The van der Waals surface area contributed by atoms with Gasteiger partial charge in [0.15, 0.2) is 5.65 Å². The van der Waals surface area contributed by atoms with E-state index in [1.165, 1.54) is 0 Å². The van der Waals surface area contributed by atoms with Gasteiger partial charge in [-0.15, -0.1) is 0 Å². The monoisotopic (exact) mass is 355 g/mol. The molecule has 1 unspecified atom stereocenters. The second kappa shape index (κ2) is 6.37. The smallest absolute Gasteiger partial charge is 0.305 e. The van der Waals surface area contributed by atoms with E-state index in [2.05, 4.69) is 4.98 Å². The highest BCUT2D eigenvalue weighted by atomic mass is 35.5. The van der Waals surface area contributed by atoms with Gasteiger partial charge in [0.05, 0.1) is 16.5 Å². The zero-order valence-corrected chi connectivity index (χ0v) is 13.7. The number of hydrogen-bond donors (Lipinski definition) is 1. The first-order chi connectivity index (χ1) is 11.0. The summed E-state index contributed by atoms with van der Waals surface area (Å²) in [6, 6.07) is 1.27. The maximum atomic E-state index is 12.7. The van der Waals surface area contributed by atoms with Crippen LogP contribution >= 0.6 is 23.2 Å². The number of hydrogen-bond acceptors (Lipinski definition) is 3. The van der Waals surface area contributed by atoms with Crippen LogP contribution < -0.4 is 0 Å². The number of aliphatic carboxylic acids is 1. The highest BCUT2D eigenvalue weighted by Gasteiger charge is 2.30. The highest BCUT2D eigenvalue weighted by molar-refractivity contribution is 6.36. The van der Waals surface area contributed by atoms with Crippen LogP contribution in [-0.2, 0) is 4.79 Å². The number of carbonyl (C=O) groups excluding carboxylic acids is 1. The van der Waals surface area contributed by atoms with E-state index in [-0.39, 0.29) is 24.1 Å². The molecular formula is C15H15Cl2N3O3. The largest absolute Gasteiger partial charge is 0.481 e. The number of pyridine rings is 1. The summed E-state index contributed by atoms with van der Waals surface area (Å²) in [6.07, 6.45) is 5.62. The van der Waals surface area contributed by atoms with E-state index >= 15 is 0 Å². The SMILES string of the molecule is O=C(O)CC1CCCCN1C(=O)c1cn2cc(Cl)cc(Cl)c2n1. The van der Waals surface area contributed by atoms with E-state index in [4.69, 9.17) is 28.3 Å². The van der Waals surface area contributed by atoms with E-state index < -0.39 is 5.97 Å². The third-order valence-corrected chi connectivity index (χ3v) is 4.48. The van der Waals surface area contributed by atoms with Gasteiger partial charge in [-0.25, -0.2) is 4.98 Å². The molecule has 0 saturated carbocycles. The number of piperidine rings is 1. The van der Waals surface area contributed by atoms with Crippen LogP contribution in [0.1, 0.15) is 36.2 Å². The molecule has 0 bridgehead atoms. The average Bonchev–Trinajstić information content (AvgIpc) is 2.90. The lowest BCUT2D eigenvalue weighted by Gasteiger charge is -2.34. The molecule has 1 atom stereocenters. The Morgan fingerprint density at radius 3 is 2.83 bits per heavy atom. The van der Waals surface area contributed by atoms with E-state index in [9.17, 15) is 9.59 Å². The first-order valence-electron chi connectivity index (χ1n) is 7.32. The molecule has 3 heterocycles. The van der Waals surface area contributed by atoms with Gasteiger partial charge in [0, 0.05) is 25.0 Å². The van der Waals surface area contributed by atoms with Crippen molar-refractivity contribution in [3.8, 4) is 0 Å². The average molecular weight is 356 g/mol. The molecule has 0 aliphatic carbocycles. The van der Waals surface area contributed by atoms with Crippen molar-refractivity contribution in [3.05, 3.63) is 34.2 Å². The summed E-state index contributed by atoms with van der Waals surface area (Å²) in [6.45, 7) is 0.541. The fourth-order valence-corrected chi connectivity index (χ4v) is 3.48. The minimum Gasteiger partial charge on any atom is -0.481 e. The lowest BCUT2D eigenvalue weighted by Crippen LogP contribution is -2.44. The Balaban J connectivity index is 1.92. The predicted octanol–water partition coefficient (Wildman–Crippen LogP) is 3.11. The maximum Gasteiger partial charge on any atom is 0.305 e. The number of carbonyl (C=O) groups is 2. The maximum absolute atomic E-state index is 12.7. The molecule has 8 heteroatoms. The van der Waals surface area contributed by atoms with Crippen molar-refractivity contribution in [2.45, 2.75) is 31.7 Å². The Bertz CT molecular complexity index is 775. The number of fused-ring (bicyclic) bond motifs is 1. The zero-order valence-electron chi connectivity index (χ0n) is 12.2. The Hall–Kier alpha value is -1.79. The number of rotatable bonds is 3.